The highest BCUT2D eigenvalue weighted by molar-refractivity contribution is 5.12. The van der Waals surface area contributed by atoms with Gasteiger partial charge in [-0.2, -0.15) is 0 Å². The van der Waals surface area contributed by atoms with E-state index < -0.39 is 0 Å². The number of fused-ring (bicyclic) bond motifs is 2. The predicted molar refractivity (Wildman–Crippen MR) is 48.3 cm³/mol. The highest BCUT2D eigenvalue weighted by Gasteiger charge is 2.41. The van der Waals surface area contributed by atoms with Crippen LogP contribution >= 0.6 is 0 Å². The van der Waals surface area contributed by atoms with Gasteiger partial charge in [-0.3, -0.25) is 0 Å². The Morgan fingerprint density at radius 1 is 1.00 bits per heavy atom. The zero-order valence-electron chi connectivity index (χ0n) is 7.59. The largest absolute Gasteiger partial charge is 0.0848 e. The van der Waals surface area contributed by atoms with Crippen molar-refractivity contribution in [3.8, 4) is 0 Å². The van der Waals surface area contributed by atoms with E-state index in [1.54, 1.807) is 0 Å². The minimum atomic E-state index is 0.954. The van der Waals surface area contributed by atoms with Crippen LogP contribution in [0, 0.1) is 23.7 Å². The van der Waals surface area contributed by atoms with E-state index in [9.17, 15) is 0 Å². The van der Waals surface area contributed by atoms with Crippen molar-refractivity contribution in [1.29, 1.82) is 0 Å². The van der Waals surface area contributed by atoms with Crippen molar-refractivity contribution in [2.45, 2.75) is 33.1 Å². The van der Waals surface area contributed by atoms with Crippen molar-refractivity contribution in [2.75, 3.05) is 0 Å². The molecule has 2 unspecified atom stereocenters. The maximum Gasteiger partial charge on any atom is -0.0197 e. The highest BCUT2D eigenvalue weighted by Crippen LogP contribution is 2.50. The van der Waals surface area contributed by atoms with Crippen molar-refractivity contribution >= 4 is 0 Å². The molecule has 62 valence electrons. The number of hydrogen-bond acceptors (Lipinski definition) is 0. The van der Waals surface area contributed by atoms with Crippen LogP contribution in [0.5, 0.6) is 0 Å². The van der Waals surface area contributed by atoms with Gasteiger partial charge in [0, 0.05) is 0 Å². The van der Waals surface area contributed by atoms with Crippen LogP contribution in [0.15, 0.2) is 12.2 Å². The van der Waals surface area contributed by atoms with E-state index in [4.69, 9.17) is 0 Å². The van der Waals surface area contributed by atoms with Crippen LogP contribution in [0.1, 0.15) is 33.1 Å². The Balaban J connectivity index is 2.15. The van der Waals surface area contributed by atoms with Gasteiger partial charge in [0.25, 0.3) is 0 Å². The molecule has 0 heteroatoms. The van der Waals surface area contributed by atoms with Gasteiger partial charge in [-0.15, -0.1) is 0 Å². The van der Waals surface area contributed by atoms with Crippen LogP contribution in [-0.2, 0) is 0 Å². The average molecular weight is 150 g/mol. The number of allylic oxidation sites excluding steroid dienone is 2. The molecule has 0 spiro atoms. The van der Waals surface area contributed by atoms with Crippen molar-refractivity contribution in [2.24, 2.45) is 23.7 Å². The molecular weight excluding hydrogens is 132 g/mol. The van der Waals surface area contributed by atoms with Crippen LogP contribution in [0.4, 0.5) is 0 Å². The minimum absolute atomic E-state index is 0.954. The van der Waals surface area contributed by atoms with E-state index >= 15 is 0 Å². The Kier molecular flexibility index (Phi) is 1.78. The standard InChI is InChI=1S/C11H18/c1-3-10-8-5-6-9(7-8)11(10)4-2/h5-6,8-11H,3-4,7H2,1-2H3/t8?,9?,10-,11+. The Morgan fingerprint density at radius 3 is 1.82 bits per heavy atom. The van der Waals surface area contributed by atoms with Crippen LogP contribution in [0.3, 0.4) is 0 Å². The quantitative estimate of drug-likeness (QED) is 0.530. The first-order chi connectivity index (χ1) is 5.36. The van der Waals surface area contributed by atoms with Crippen LogP contribution in [0.25, 0.3) is 0 Å². The third-order valence-corrected chi connectivity index (χ3v) is 3.74. The average Bonchev–Trinajstić information content (AvgIpc) is 2.60. The van der Waals surface area contributed by atoms with Crippen molar-refractivity contribution < 1.29 is 0 Å². The molecule has 0 amide bonds. The molecule has 2 aliphatic rings. The maximum absolute atomic E-state index is 2.46. The molecule has 1 saturated carbocycles. The van der Waals surface area contributed by atoms with Crippen LogP contribution in [-0.4, -0.2) is 0 Å². The molecule has 0 aromatic heterocycles. The van der Waals surface area contributed by atoms with Crippen LogP contribution in [0.2, 0.25) is 0 Å². The van der Waals surface area contributed by atoms with Gasteiger partial charge in [0.2, 0.25) is 0 Å². The first kappa shape index (κ1) is 7.39. The summed E-state index contributed by atoms with van der Waals surface area (Å²) < 4.78 is 0. The van der Waals surface area contributed by atoms with Gasteiger partial charge in [0.15, 0.2) is 0 Å². The predicted octanol–water partition coefficient (Wildman–Crippen LogP) is 3.24. The SMILES string of the molecule is CC[C@@H]1C2C=CC(C2)[C@@H]1CC. The van der Waals surface area contributed by atoms with E-state index in [0.29, 0.717) is 0 Å². The molecule has 2 rings (SSSR count). The summed E-state index contributed by atoms with van der Waals surface area (Å²) in [5.41, 5.74) is 0. The summed E-state index contributed by atoms with van der Waals surface area (Å²) in [5.74, 6) is 3.95. The minimum Gasteiger partial charge on any atom is -0.0848 e. The first-order valence-electron chi connectivity index (χ1n) is 5.05. The fourth-order valence-corrected chi connectivity index (χ4v) is 3.24. The van der Waals surface area contributed by atoms with Gasteiger partial charge in [-0.1, -0.05) is 38.8 Å². The van der Waals surface area contributed by atoms with Gasteiger partial charge in [0.05, 0.1) is 0 Å². The van der Waals surface area contributed by atoms with Crippen LogP contribution < -0.4 is 0 Å². The smallest absolute Gasteiger partial charge is 0.0197 e. The molecule has 2 bridgehead atoms. The third kappa shape index (κ3) is 0.953. The molecule has 0 heterocycles. The van der Waals surface area contributed by atoms with Gasteiger partial charge in [-0.05, 0) is 30.1 Å². The summed E-state index contributed by atoms with van der Waals surface area (Å²) in [7, 11) is 0. The monoisotopic (exact) mass is 150 g/mol. The Bertz CT molecular complexity index is 151. The lowest BCUT2D eigenvalue weighted by Crippen LogP contribution is -2.17. The number of rotatable bonds is 2. The molecule has 0 aromatic rings. The van der Waals surface area contributed by atoms with E-state index in [-0.39, 0.29) is 0 Å². The first-order valence-corrected chi connectivity index (χ1v) is 5.05. The molecule has 2 aliphatic carbocycles. The molecule has 4 atom stereocenters. The molecule has 11 heavy (non-hydrogen) atoms. The fraction of sp³-hybridized carbons (Fsp3) is 0.818. The van der Waals surface area contributed by atoms with E-state index in [0.717, 1.165) is 23.7 Å². The summed E-state index contributed by atoms with van der Waals surface area (Å²) in [6, 6.07) is 0. The van der Waals surface area contributed by atoms with E-state index in [2.05, 4.69) is 26.0 Å². The second-order valence-corrected chi connectivity index (χ2v) is 4.09. The normalized spacial score (nSPS) is 47.1. The fourth-order valence-electron chi connectivity index (χ4n) is 3.24. The summed E-state index contributed by atoms with van der Waals surface area (Å²) in [6.45, 7) is 4.70. The Morgan fingerprint density at radius 2 is 1.45 bits per heavy atom. The lowest BCUT2D eigenvalue weighted by atomic mass is 9.80. The highest BCUT2D eigenvalue weighted by atomic mass is 14.5. The van der Waals surface area contributed by atoms with E-state index in [1.165, 1.54) is 19.3 Å². The summed E-state index contributed by atoms with van der Waals surface area (Å²) >= 11 is 0. The zero-order chi connectivity index (χ0) is 7.84. The third-order valence-electron chi connectivity index (χ3n) is 3.74. The lowest BCUT2D eigenvalue weighted by Gasteiger charge is -2.25. The van der Waals surface area contributed by atoms with Gasteiger partial charge >= 0.3 is 0 Å². The Labute approximate surface area is 69.7 Å². The molecule has 0 radical (unpaired) electrons. The molecule has 0 saturated heterocycles. The van der Waals surface area contributed by atoms with E-state index in [1.807, 2.05) is 0 Å². The van der Waals surface area contributed by atoms with Gasteiger partial charge < -0.3 is 0 Å². The lowest BCUT2D eigenvalue weighted by molar-refractivity contribution is 0.292. The zero-order valence-corrected chi connectivity index (χ0v) is 7.59. The molecule has 0 nitrogen and oxygen atoms in total. The maximum atomic E-state index is 2.46. The summed E-state index contributed by atoms with van der Waals surface area (Å²) in [5, 5.41) is 0. The summed E-state index contributed by atoms with van der Waals surface area (Å²) in [4.78, 5) is 0. The molecule has 0 aromatic carbocycles. The molecule has 1 fully saturated rings. The van der Waals surface area contributed by atoms with Crippen molar-refractivity contribution in [1.82, 2.24) is 0 Å². The topological polar surface area (TPSA) is 0 Å². The molecule has 0 aliphatic heterocycles. The van der Waals surface area contributed by atoms with Gasteiger partial charge in [0.1, 0.15) is 0 Å². The molecular formula is C11H18. The second-order valence-electron chi connectivity index (χ2n) is 4.09. The van der Waals surface area contributed by atoms with Gasteiger partial charge in [-0.25, -0.2) is 0 Å². The van der Waals surface area contributed by atoms with Crippen molar-refractivity contribution in [3.63, 3.8) is 0 Å². The number of hydrogen-bond donors (Lipinski definition) is 0. The molecule has 0 N–H and O–H groups in total. The summed E-state index contributed by atoms with van der Waals surface area (Å²) in [6.07, 6.45) is 9.18. The second kappa shape index (κ2) is 2.66. The van der Waals surface area contributed by atoms with Crippen molar-refractivity contribution in [3.05, 3.63) is 12.2 Å². The Hall–Kier alpha value is -0.260.